The Kier molecular flexibility index (Phi) is 4.70. The lowest BCUT2D eigenvalue weighted by Crippen LogP contribution is -2.50. The zero-order chi connectivity index (χ0) is 14.0. The van der Waals surface area contributed by atoms with Crippen LogP contribution >= 0.6 is 15.9 Å². The van der Waals surface area contributed by atoms with E-state index >= 15 is 0 Å². The van der Waals surface area contributed by atoms with Gasteiger partial charge in [0.25, 0.3) is 0 Å². The van der Waals surface area contributed by atoms with E-state index in [1.165, 1.54) is 13.2 Å². The molecule has 1 aliphatic heterocycles. The molecule has 0 aliphatic carbocycles. The summed E-state index contributed by atoms with van der Waals surface area (Å²) in [5, 5.41) is 2.99. The standard InChI is InChI=1S/C12H13BrFNO3S/c1-18-12(16)11-6-19(17)5-10(15-11)8-3-2-7(13)4-9(8)14/h2-4,10-11,15H,5-6H2,1H3. The molecule has 3 unspecified atom stereocenters. The van der Waals surface area contributed by atoms with Crippen LogP contribution in [-0.4, -0.2) is 34.8 Å². The van der Waals surface area contributed by atoms with Gasteiger partial charge >= 0.3 is 5.97 Å². The van der Waals surface area contributed by atoms with Crippen molar-refractivity contribution in [2.45, 2.75) is 12.1 Å². The molecule has 1 aromatic carbocycles. The molecule has 2 rings (SSSR count). The minimum atomic E-state index is -1.18. The van der Waals surface area contributed by atoms with Crippen molar-refractivity contribution < 1.29 is 18.1 Å². The van der Waals surface area contributed by atoms with Crippen molar-refractivity contribution >= 4 is 32.7 Å². The highest BCUT2D eigenvalue weighted by Crippen LogP contribution is 2.24. The van der Waals surface area contributed by atoms with Crippen molar-refractivity contribution in [3.8, 4) is 0 Å². The molecule has 0 spiro atoms. The van der Waals surface area contributed by atoms with E-state index in [1.54, 1.807) is 12.1 Å². The first-order valence-electron chi connectivity index (χ1n) is 5.65. The average Bonchev–Trinajstić information content (AvgIpc) is 2.37. The zero-order valence-electron chi connectivity index (χ0n) is 10.2. The second kappa shape index (κ2) is 6.11. The van der Waals surface area contributed by atoms with Gasteiger partial charge in [0.15, 0.2) is 0 Å². The predicted molar refractivity (Wildman–Crippen MR) is 73.7 cm³/mol. The molecule has 4 nitrogen and oxygen atoms in total. The topological polar surface area (TPSA) is 55.4 Å². The molecule has 1 aromatic rings. The van der Waals surface area contributed by atoms with E-state index in [2.05, 4.69) is 26.0 Å². The minimum Gasteiger partial charge on any atom is -0.468 e. The summed E-state index contributed by atoms with van der Waals surface area (Å²) in [5.74, 6) is -0.391. The summed E-state index contributed by atoms with van der Waals surface area (Å²) < 4.78 is 30.9. The number of carbonyl (C=O) groups excluding carboxylic acids is 1. The van der Waals surface area contributed by atoms with Crippen molar-refractivity contribution in [1.82, 2.24) is 5.32 Å². The van der Waals surface area contributed by atoms with Crippen LogP contribution in [0.1, 0.15) is 11.6 Å². The maximum atomic E-state index is 13.9. The fourth-order valence-electron chi connectivity index (χ4n) is 2.02. The summed E-state index contributed by atoms with van der Waals surface area (Å²) >= 11 is 3.18. The van der Waals surface area contributed by atoms with Crippen LogP contribution in [0.2, 0.25) is 0 Å². The normalized spacial score (nSPS) is 27.0. The van der Waals surface area contributed by atoms with Gasteiger partial charge in [-0.15, -0.1) is 0 Å². The van der Waals surface area contributed by atoms with Crippen LogP contribution in [-0.2, 0) is 20.3 Å². The van der Waals surface area contributed by atoms with E-state index in [4.69, 9.17) is 0 Å². The van der Waals surface area contributed by atoms with Gasteiger partial charge in [0.2, 0.25) is 0 Å². The number of nitrogens with one attached hydrogen (secondary N) is 1. The van der Waals surface area contributed by atoms with E-state index in [9.17, 15) is 13.4 Å². The SMILES string of the molecule is COC(=O)C1CS(=O)CC(c2ccc(Br)cc2F)N1. The highest BCUT2D eigenvalue weighted by atomic mass is 79.9. The number of benzene rings is 1. The number of esters is 1. The molecule has 0 amide bonds. The van der Waals surface area contributed by atoms with Crippen LogP contribution in [0.5, 0.6) is 0 Å². The van der Waals surface area contributed by atoms with Gasteiger partial charge in [-0.3, -0.25) is 14.3 Å². The van der Waals surface area contributed by atoms with Crippen molar-refractivity contribution in [3.63, 3.8) is 0 Å². The fraction of sp³-hybridized carbons (Fsp3) is 0.417. The summed E-state index contributed by atoms with van der Waals surface area (Å²) in [4.78, 5) is 11.5. The number of ether oxygens (including phenoxy) is 1. The lowest BCUT2D eigenvalue weighted by Gasteiger charge is -2.29. The van der Waals surface area contributed by atoms with Gasteiger partial charge in [0.1, 0.15) is 11.9 Å². The van der Waals surface area contributed by atoms with E-state index < -0.39 is 34.7 Å². The van der Waals surface area contributed by atoms with E-state index in [0.717, 1.165) is 0 Å². The van der Waals surface area contributed by atoms with Crippen LogP contribution in [0.15, 0.2) is 22.7 Å². The third kappa shape index (κ3) is 3.40. The number of carbonyl (C=O) groups is 1. The van der Waals surface area contributed by atoms with Gasteiger partial charge in [-0.2, -0.15) is 0 Å². The Hall–Kier alpha value is -0.790. The maximum absolute atomic E-state index is 13.9. The van der Waals surface area contributed by atoms with Gasteiger partial charge in [0, 0.05) is 38.4 Å². The smallest absolute Gasteiger partial charge is 0.323 e. The lowest BCUT2D eigenvalue weighted by atomic mass is 10.1. The van der Waals surface area contributed by atoms with Gasteiger partial charge in [-0.1, -0.05) is 22.0 Å². The van der Waals surface area contributed by atoms with Gasteiger partial charge in [-0.25, -0.2) is 4.39 Å². The molecule has 0 radical (unpaired) electrons. The average molecular weight is 350 g/mol. The molecule has 19 heavy (non-hydrogen) atoms. The van der Waals surface area contributed by atoms with Crippen LogP contribution in [0.3, 0.4) is 0 Å². The van der Waals surface area contributed by atoms with E-state index in [1.807, 2.05) is 0 Å². The first kappa shape index (κ1) is 14.6. The summed E-state index contributed by atoms with van der Waals surface area (Å²) in [6, 6.07) is 3.57. The number of rotatable bonds is 2. The lowest BCUT2D eigenvalue weighted by molar-refractivity contribution is -0.142. The largest absolute Gasteiger partial charge is 0.468 e. The second-order valence-electron chi connectivity index (χ2n) is 4.23. The number of hydrogen-bond donors (Lipinski definition) is 1. The Morgan fingerprint density at radius 2 is 2.26 bits per heavy atom. The molecule has 1 N–H and O–H groups in total. The number of hydrogen-bond acceptors (Lipinski definition) is 4. The molecule has 3 atom stereocenters. The maximum Gasteiger partial charge on any atom is 0.323 e. The molecule has 1 heterocycles. The molecule has 1 saturated heterocycles. The van der Waals surface area contributed by atoms with Crippen LogP contribution < -0.4 is 5.32 Å². The molecular weight excluding hydrogens is 337 g/mol. The molecule has 7 heteroatoms. The van der Waals surface area contributed by atoms with Crippen molar-refractivity contribution in [1.29, 1.82) is 0 Å². The highest BCUT2D eigenvalue weighted by molar-refractivity contribution is 9.10. The van der Waals surface area contributed by atoms with Gasteiger partial charge in [0.05, 0.1) is 7.11 Å². The summed E-state index contributed by atoms with van der Waals surface area (Å²) in [6.07, 6.45) is 0. The molecular formula is C12H13BrFNO3S. The number of methoxy groups -OCH3 is 1. The quantitative estimate of drug-likeness (QED) is 0.822. The zero-order valence-corrected chi connectivity index (χ0v) is 12.6. The summed E-state index contributed by atoms with van der Waals surface area (Å²) in [5.41, 5.74) is 0.408. The Morgan fingerprint density at radius 1 is 1.53 bits per heavy atom. The van der Waals surface area contributed by atoms with E-state index in [-0.39, 0.29) is 11.5 Å². The first-order chi connectivity index (χ1) is 9.01. The van der Waals surface area contributed by atoms with Crippen molar-refractivity contribution in [2.24, 2.45) is 0 Å². The van der Waals surface area contributed by atoms with Gasteiger partial charge < -0.3 is 4.74 Å². The molecule has 0 aromatic heterocycles. The fourth-order valence-corrected chi connectivity index (χ4v) is 3.74. The highest BCUT2D eigenvalue weighted by Gasteiger charge is 2.32. The third-order valence-corrected chi connectivity index (χ3v) is 4.83. The molecule has 1 fully saturated rings. The van der Waals surface area contributed by atoms with Gasteiger partial charge in [-0.05, 0) is 12.1 Å². The molecule has 1 aliphatic rings. The van der Waals surface area contributed by atoms with Crippen LogP contribution in [0.25, 0.3) is 0 Å². The van der Waals surface area contributed by atoms with Crippen molar-refractivity contribution in [3.05, 3.63) is 34.1 Å². The second-order valence-corrected chi connectivity index (χ2v) is 6.70. The Balaban J connectivity index is 2.24. The summed E-state index contributed by atoms with van der Waals surface area (Å²) in [6.45, 7) is 0. The monoisotopic (exact) mass is 349 g/mol. The molecule has 0 bridgehead atoms. The number of halogens is 2. The van der Waals surface area contributed by atoms with E-state index in [0.29, 0.717) is 10.0 Å². The Morgan fingerprint density at radius 3 is 2.89 bits per heavy atom. The molecule has 0 saturated carbocycles. The summed E-state index contributed by atoms with van der Waals surface area (Å²) in [7, 11) is 0.0962. The minimum absolute atomic E-state index is 0.196. The Labute approximate surface area is 121 Å². The first-order valence-corrected chi connectivity index (χ1v) is 7.93. The van der Waals surface area contributed by atoms with Crippen LogP contribution in [0, 0.1) is 5.82 Å². The third-order valence-electron chi connectivity index (χ3n) is 2.93. The van der Waals surface area contributed by atoms with Crippen molar-refractivity contribution in [2.75, 3.05) is 18.6 Å². The predicted octanol–water partition coefficient (Wildman–Crippen LogP) is 1.52. The molecule has 104 valence electrons. The van der Waals surface area contributed by atoms with Crippen LogP contribution in [0.4, 0.5) is 4.39 Å². The Bertz CT molecular complexity index is 526.